The maximum Gasteiger partial charge on any atom is 0.349 e. The molecule has 1 aromatic rings. The zero-order chi connectivity index (χ0) is 27.9. The maximum atomic E-state index is 12.3. The van der Waals surface area contributed by atoms with Crippen molar-refractivity contribution in [2.24, 2.45) is 5.92 Å². The summed E-state index contributed by atoms with van der Waals surface area (Å²) in [6.45, 7) is 16.3. The largest absolute Gasteiger partial charge is 0.497 e. The molecule has 0 radical (unpaired) electrons. The molecule has 0 aromatic heterocycles. The number of carbonyl (C=O) groups excluding carboxylic acids is 1. The summed E-state index contributed by atoms with van der Waals surface area (Å²) < 4.78 is 43.5. The molecule has 38 heavy (non-hydrogen) atoms. The zero-order valence-corrected chi connectivity index (χ0v) is 25.4. The molecule has 0 bridgehead atoms. The Morgan fingerprint density at radius 1 is 0.974 bits per heavy atom. The lowest BCUT2D eigenvalue weighted by molar-refractivity contribution is -0.282. The number of methoxy groups -OCH3 is 2. The minimum Gasteiger partial charge on any atom is -0.497 e. The molecule has 1 aromatic carbocycles. The Balaban J connectivity index is 1.52. The number of ether oxygens (including phenoxy) is 5. The van der Waals surface area contributed by atoms with E-state index in [-0.39, 0.29) is 58.9 Å². The summed E-state index contributed by atoms with van der Waals surface area (Å²) in [5.41, 5.74) is 1.02. The summed E-state index contributed by atoms with van der Waals surface area (Å²) in [7, 11) is 0.415. The van der Waals surface area contributed by atoms with Crippen molar-refractivity contribution >= 4 is 14.5 Å². The second-order valence-corrected chi connectivity index (χ2v) is 17.7. The predicted octanol–water partition coefficient (Wildman–Crippen LogP) is 5.16. The molecule has 4 rings (SSSR count). The summed E-state index contributed by atoms with van der Waals surface area (Å²) in [5.74, 6) is 0.473. The fourth-order valence-corrected chi connectivity index (χ4v) is 11.5. The lowest BCUT2D eigenvalue weighted by Crippen LogP contribution is -2.69. The highest BCUT2D eigenvalue weighted by Crippen LogP contribution is 2.55. The van der Waals surface area contributed by atoms with Gasteiger partial charge in [0.15, 0.2) is 0 Å². The van der Waals surface area contributed by atoms with E-state index in [4.69, 9.17) is 32.5 Å². The summed E-state index contributed by atoms with van der Waals surface area (Å²) in [6.07, 6.45) is -0.612. The van der Waals surface area contributed by atoms with E-state index < -0.39 is 14.7 Å². The standard InChI is InChI=1S/C29H46O8Si/c1-18-26(33-16-19-10-12-20(31-8)13-11-19)23(15-25(30)32-9)35-22-14-21-24(36-27(18)22)17-34-38(37-21,28(2,3)4)29(5,6)7/h10-13,18,21-24,26-27H,14-17H2,1-9H3/t18-,21-,22+,23+,24-,26-,27+/m1/s1. The number of benzene rings is 1. The summed E-state index contributed by atoms with van der Waals surface area (Å²) in [4.78, 5) is 12.3. The number of rotatable bonds is 6. The second-order valence-electron chi connectivity index (χ2n) is 12.9. The molecule has 8 nitrogen and oxygen atoms in total. The minimum absolute atomic E-state index is 0.00300. The van der Waals surface area contributed by atoms with Gasteiger partial charge in [0.2, 0.25) is 0 Å². The van der Waals surface area contributed by atoms with Crippen molar-refractivity contribution in [3.63, 3.8) is 0 Å². The van der Waals surface area contributed by atoms with Crippen LogP contribution in [0.5, 0.6) is 5.75 Å². The molecule has 214 valence electrons. The van der Waals surface area contributed by atoms with Crippen LogP contribution in [0.25, 0.3) is 0 Å². The molecule has 0 aliphatic carbocycles. The van der Waals surface area contributed by atoms with E-state index in [1.54, 1.807) is 7.11 Å². The van der Waals surface area contributed by atoms with Crippen LogP contribution in [0.1, 0.15) is 66.9 Å². The lowest BCUT2D eigenvalue weighted by Gasteiger charge is -2.58. The Kier molecular flexibility index (Phi) is 8.67. The molecule has 3 aliphatic rings. The maximum absolute atomic E-state index is 12.3. The Bertz CT molecular complexity index is 939. The SMILES string of the molecule is COC(=O)C[C@@H]1O[C@H]2C[C@H]3O[Si](C(C)(C)C)(C(C)(C)C)OC[C@H]3O[C@H]2[C@H](C)[C@H]1OCc1ccc(OC)cc1. The van der Waals surface area contributed by atoms with Gasteiger partial charge in [-0.3, -0.25) is 4.79 Å². The van der Waals surface area contributed by atoms with Gasteiger partial charge in [-0.05, 0) is 17.7 Å². The Morgan fingerprint density at radius 2 is 1.63 bits per heavy atom. The smallest absolute Gasteiger partial charge is 0.349 e. The molecule has 3 heterocycles. The lowest BCUT2D eigenvalue weighted by atomic mass is 9.82. The quantitative estimate of drug-likeness (QED) is 0.355. The van der Waals surface area contributed by atoms with Gasteiger partial charge in [0.1, 0.15) is 11.9 Å². The fraction of sp³-hybridized carbons (Fsp3) is 0.759. The van der Waals surface area contributed by atoms with Gasteiger partial charge in [0, 0.05) is 22.4 Å². The molecule has 0 saturated carbocycles. The van der Waals surface area contributed by atoms with Gasteiger partial charge in [-0.15, -0.1) is 0 Å². The average Bonchev–Trinajstić information content (AvgIpc) is 2.86. The van der Waals surface area contributed by atoms with Gasteiger partial charge in [0.05, 0.1) is 64.4 Å². The molecule has 0 N–H and O–H groups in total. The monoisotopic (exact) mass is 550 g/mol. The van der Waals surface area contributed by atoms with Crippen LogP contribution >= 0.6 is 0 Å². The van der Waals surface area contributed by atoms with Gasteiger partial charge in [-0.2, -0.15) is 0 Å². The van der Waals surface area contributed by atoms with Crippen molar-refractivity contribution in [1.29, 1.82) is 0 Å². The van der Waals surface area contributed by atoms with Crippen molar-refractivity contribution in [2.45, 2.75) is 115 Å². The van der Waals surface area contributed by atoms with Crippen LogP contribution in [0.2, 0.25) is 10.1 Å². The van der Waals surface area contributed by atoms with E-state index in [0.29, 0.717) is 19.6 Å². The van der Waals surface area contributed by atoms with E-state index >= 15 is 0 Å². The predicted molar refractivity (Wildman–Crippen MR) is 145 cm³/mol. The van der Waals surface area contributed by atoms with Crippen LogP contribution in [-0.4, -0.2) is 72.0 Å². The molecular weight excluding hydrogens is 504 g/mol. The first-order chi connectivity index (χ1) is 17.8. The van der Waals surface area contributed by atoms with Crippen LogP contribution in [0.4, 0.5) is 0 Å². The number of esters is 1. The topological polar surface area (TPSA) is 81.7 Å². The summed E-state index contributed by atoms with van der Waals surface area (Å²) in [6, 6.07) is 7.77. The zero-order valence-electron chi connectivity index (χ0n) is 24.4. The number of hydrogen-bond donors (Lipinski definition) is 0. The van der Waals surface area contributed by atoms with Crippen LogP contribution in [0, 0.1) is 5.92 Å². The van der Waals surface area contributed by atoms with Gasteiger partial charge in [-0.1, -0.05) is 60.6 Å². The van der Waals surface area contributed by atoms with Gasteiger partial charge in [-0.25, -0.2) is 0 Å². The highest BCUT2D eigenvalue weighted by molar-refractivity contribution is 6.73. The van der Waals surface area contributed by atoms with Crippen LogP contribution in [0.15, 0.2) is 24.3 Å². The summed E-state index contributed by atoms with van der Waals surface area (Å²) in [5, 5.41) is -0.219. The van der Waals surface area contributed by atoms with Crippen molar-refractivity contribution in [3.8, 4) is 5.75 Å². The van der Waals surface area contributed by atoms with Crippen LogP contribution in [-0.2, 0) is 39.2 Å². The fourth-order valence-electron chi connectivity index (χ4n) is 6.53. The van der Waals surface area contributed by atoms with Crippen molar-refractivity contribution < 1.29 is 37.3 Å². The minimum atomic E-state index is -2.63. The van der Waals surface area contributed by atoms with Crippen molar-refractivity contribution in [1.82, 2.24) is 0 Å². The highest BCUT2D eigenvalue weighted by atomic mass is 28.4. The molecular formula is C29H46O8Si. The normalized spacial score (nSPS) is 33.1. The van der Waals surface area contributed by atoms with Crippen LogP contribution < -0.4 is 4.74 Å². The Labute approximate surface area is 228 Å². The molecule has 7 atom stereocenters. The first kappa shape index (κ1) is 29.5. The number of hydrogen-bond acceptors (Lipinski definition) is 8. The third kappa shape index (κ3) is 5.69. The Hall–Kier alpha value is -1.49. The van der Waals surface area contributed by atoms with E-state index in [9.17, 15) is 4.79 Å². The molecule has 0 amide bonds. The molecule has 0 unspecified atom stereocenters. The molecule has 9 heteroatoms. The van der Waals surface area contributed by atoms with Gasteiger partial charge >= 0.3 is 14.5 Å². The highest BCUT2D eigenvalue weighted by Gasteiger charge is 2.63. The van der Waals surface area contributed by atoms with Crippen molar-refractivity contribution in [3.05, 3.63) is 29.8 Å². The molecule has 3 saturated heterocycles. The van der Waals surface area contributed by atoms with E-state index in [1.807, 2.05) is 24.3 Å². The molecule has 3 fully saturated rings. The Morgan fingerprint density at radius 3 is 2.21 bits per heavy atom. The van der Waals surface area contributed by atoms with Crippen molar-refractivity contribution in [2.75, 3.05) is 20.8 Å². The third-order valence-corrected chi connectivity index (χ3v) is 13.4. The van der Waals surface area contributed by atoms with Gasteiger partial charge < -0.3 is 32.5 Å². The first-order valence-electron chi connectivity index (χ1n) is 13.7. The van der Waals surface area contributed by atoms with Gasteiger partial charge in [0.25, 0.3) is 0 Å². The third-order valence-electron chi connectivity index (χ3n) is 8.27. The van der Waals surface area contributed by atoms with E-state index in [0.717, 1.165) is 11.3 Å². The van der Waals surface area contributed by atoms with Crippen LogP contribution in [0.3, 0.4) is 0 Å². The number of carbonyl (C=O) groups is 1. The number of fused-ring (bicyclic) bond motifs is 2. The molecule has 3 aliphatic heterocycles. The van der Waals surface area contributed by atoms with E-state index in [1.165, 1.54) is 7.11 Å². The molecule has 0 spiro atoms. The average molecular weight is 551 g/mol. The summed E-state index contributed by atoms with van der Waals surface area (Å²) >= 11 is 0. The first-order valence-corrected chi connectivity index (χ1v) is 15.6. The van der Waals surface area contributed by atoms with E-state index in [2.05, 4.69) is 48.5 Å². The second kappa shape index (κ2) is 11.2.